The van der Waals surface area contributed by atoms with Gasteiger partial charge in [-0.1, -0.05) is 0 Å². The molecule has 5 nitrogen and oxygen atoms in total. The zero-order chi connectivity index (χ0) is 10.7. The SMILES string of the molecule is CNc1ncc(Br)c(Sc2ncns2)n1. The first-order chi connectivity index (χ1) is 7.29. The number of aromatic nitrogens is 4. The van der Waals surface area contributed by atoms with Crippen molar-refractivity contribution >= 4 is 45.2 Å². The molecule has 0 saturated heterocycles. The lowest BCUT2D eigenvalue weighted by Gasteiger charge is -2.02. The van der Waals surface area contributed by atoms with Crippen molar-refractivity contribution in [2.45, 2.75) is 9.37 Å². The molecule has 2 aromatic heterocycles. The van der Waals surface area contributed by atoms with Crippen molar-refractivity contribution in [3.8, 4) is 0 Å². The fraction of sp³-hybridized carbons (Fsp3) is 0.143. The highest BCUT2D eigenvalue weighted by Crippen LogP contribution is 2.32. The Morgan fingerprint density at radius 3 is 3.00 bits per heavy atom. The molecule has 0 aliphatic rings. The Balaban J connectivity index is 2.27. The Hall–Kier alpha value is -0.730. The van der Waals surface area contributed by atoms with Crippen LogP contribution < -0.4 is 5.32 Å². The number of anilines is 1. The number of rotatable bonds is 3. The van der Waals surface area contributed by atoms with E-state index < -0.39 is 0 Å². The van der Waals surface area contributed by atoms with E-state index in [-0.39, 0.29) is 0 Å². The molecular formula is C7H6BrN5S2. The van der Waals surface area contributed by atoms with Gasteiger partial charge in [0.05, 0.1) is 4.47 Å². The summed E-state index contributed by atoms with van der Waals surface area (Å²) in [7, 11) is 1.78. The summed E-state index contributed by atoms with van der Waals surface area (Å²) in [5, 5.41) is 3.71. The number of nitrogens with zero attached hydrogens (tertiary/aromatic N) is 4. The van der Waals surface area contributed by atoms with Gasteiger partial charge in [-0.3, -0.25) is 0 Å². The van der Waals surface area contributed by atoms with Gasteiger partial charge in [0.1, 0.15) is 11.4 Å². The van der Waals surface area contributed by atoms with Crippen LogP contribution >= 0.6 is 39.2 Å². The predicted octanol–water partition coefficient (Wildman–Crippen LogP) is 2.28. The smallest absolute Gasteiger partial charge is 0.223 e. The molecule has 0 atom stereocenters. The van der Waals surface area contributed by atoms with E-state index in [1.165, 1.54) is 29.6 Å². The number of hydrogen-bond donors (Lipinski definition) is 1. The molecule has 78 valence electrons. The highest BCUT2D eigenvalue weighted by Gasteiger charge is 2.08. The molecule has 2 rings (SSSR count). The van der Waals surface area contributed by atoms with Crippen LogP contribution in [0.1, 0.15) is 0 Å². The molecule has 0 unspecified atom stereocenters. The van der Waals surface area contributed by atoms with Gasteiger partial charge in [0.25, 0.3) is 0 Å². The van der Waals surface area contributed by atoms with Crippen molar-refractivity contribution in [2.24, 2.45) is 0 Å². The van der Waals surface area contributed by atoms with Crippen LogP contribution in [0.15, 0.2) is 26.4 Å². The molecule has 0 bridgehead atoms. The fourth-order valence-corrected chi connectivity index (χ4v) is 2.61. The summed E-state index contributed by atoms with van der Waals surface area (Å²) in [6.45, 7) is 0. The second-order valence-corrected chi connectivity index (χ2v) is 5.28. The molecule has 0 aromatic carbocycles. The molecule has 0 spiro atoms. The zero-order valence-electron chi connectivity index (χ0n) is 7.64. The first-order valence-corrected chi connectivity index (χ1v) is 6.32. The Kier molecular flexibility index (Phi) is 3.49. The maximum Gasteiger partial charge on any atom is 0.223 e. The minimum Gasteiger partial charge on any atom is -0.357 e. The number of nitrogens with one attached hydrogen (secondary N) is 1. The first-order valence-electron chi connectivity index (χ1n) is 3.94. The van der Waals surface area contributed by atoms with Gasteiger partial charge in [0.2, 0.25) is 5.95 Å². The van der Waals surface area contributed by atoms with E-state index in [2.05, 4.69) is 40.6 Å². The van der Waals surface area contributed by atoms with Crippen molar-refractivity contribution in [2.75, 3.05) is 12.4 Å². The second kappa shape index (κ2) is 4.86. The maximum absolute atomic E-state index is 4.30. The van der Waals surface area contributed by atoms with Gasteiger partial charge < -0.3 is 5.32 Å². The Morgan fingerprint density at radius 1 is 1.47 bits per heavy atom. The van der Waals surface area contributed by atoms with Gasteiger partial charge in [-0.15, -0.1) is 0 Å². The maximum atomic E-state index is 4.30. The van der Waals surface area contributed by atoms with Crippen LogP contribution in [0.3, 0.4) is 0 Å². The summed E-state index contributed by atoms with van der Waals surface area (Å²) in [4.78, 5) is 12.4. The van der Waals surface area contributed by atoms with Gasteiger partial charge in [-0.05, 0) is 39.2 Å². The molecule has 1 N–H and O–H groups in total. The van der Waals surface area contributed by atoms with Crippen LogP contribution in [-0.2, 0) is 0 Å². The molecule has 15 heavy (non-hydrogen) atoms. The first kappa shape index (κ1) is 10.8. The Morgan fingerprint density at radius 2 is 2.33 bits per heavy atom. The summed E-state index contributed by atoms with van der Waals surface area (Å²) in [6.07, 6.45) is 3.24. The summed E-state index contributed by atoms with van der Waals surface area (Å²) in [6, 6.07) is 0. The van der Waals surface area contributed by atoms with Crippen molar-refractivity contribution < 1.29 is 0 Å². The van der Waals surface area contributed by atoms with Crippen LogP contribution in [-0.4, -0.2) is 26.4 Å². The third-order valence-electron chi connectivity index (χ3n) is 1.46. The molecule has 0 amide bonds. The van der Waals surface area contributed by atoms with E-state index in [0.29, 0.717) is 5.95 Å². The lowest BCUT2D eigenvalue weighted by Crippen LogP contribution is -1.96. The Labute approximate surface area is 103 Å². The van der Waals surface area contributed by atoms with Gasteiger partial charge in [-0.25, -0.2) is 15.0 Å². The summed E-state index contributed by atoms with van der Waals surface area (Å²) in [5.74, 6) is 0.588. The molecule has 0 fully saturated rings. The van der Waals surface area contributed by atoms with Crippen molar-refractivity contribution in [3.05, 3.63) is 17.0 Å². The monoisotopic (exact) mass is 303 g/mol. The molecule has 0 aliphatic carbocycles. The van der Waals surface area contributed by atoms with E-state index in [9.17, 15) is 0 Å². The molecule has 0 radical (unpaired) electrons. The second-order valence-electron chi connectivity index (χ2n) is 2.41. The highest BCUT2D eigenvalue weighted by molar-refractivity contribution is 9.10. The average molecular weight is 304 g/mol. The van der Waals surface area contributed by atoms with Crippen LogP contribution in [0.2, 0.25) is 0 Å². The van der Waals surface area contributed by atoms with E-state index in [0.717, 1.165) is 13.8 Å². The Bertz CT molecular complexity index is 447. The number of halogens is 1. The minimum atomic E-state index is 0.588. The molecule has 2 aromatic rings. The predicted molar refractivity (Wildman–Crippen MR) is 63.3 cm³/mol. The van der Waals surface area contributed by atoms with Crippen molar-refractivity contribution in [1.82, 2.24) is 19.3 Å². The van der Waals surface area contributed by atoms with Gasteiger partial charge >= 0.3 is 0 Å². The normalized spacial score (nSPS) is 10.3. The summed E-state index contributed by atoms with van der Waals surface area (Å²) in [5.41, 5.74) is 0. The molecule has 8 heteroatoms. The van der Waals surface area contributed by atoms with Gasteiger partial charge in [0, 0.05) is 13.2 Å². The van der Waals surface area contributed by atoms with Crippen LogP contribution in [0, 0.1) is 0 Å². The van der Waals surface area contributed by atoms with E-state index in [1.54, 1.807) is 13.2 Å². The van der Waals surface area contributed by atoms with Crippen LogP contribution in [0.25, 0.3) is 0 Å². The standard InChI is InChI=1S/C7H6BrN5S2/c1-9-6-10-2-4(8)5(13-6)14-7-11-3-12-15-7/h2-3H,1H3,(H,9,10,13). The van der Waals surface area contributed by atoms with Gasteiger partial charge in [-0.2, -0.15) is 4.37 Å². The fourth-order valence-electron chi connectivity index (χ4n) is 0.834. The highest BCUT2D eigenvalue weighted by atomic mass is 79.9. The molecule has 0 saturated carbocycles. The van der Waals surface area contributed by atoms with E-state index in [4.69, 9.17) is 0 Å². The quantitative estimate of drug-likeness (QED) is 0.878. The lowest BCUT2D eigenvalue weighted by atomic mass is 10.7. The topological polar surface area (TPSA) is 63.6 Å². The number of hydrogen-bond acceptors (Lipinski definition) is 7. The third kappa shape index (κ3) is 2.64. The van der Waals surface area contributed by atoms with Crippen molar-refractivity contribution in [3.63, 3.8) is 0 Å². The molecular weight excluding hydrogens is 298 g/mol. The third-order valence-corrected chi connectivity index (χ3v) is 4.02. The van der Waals surface area contributed by atoms with Crippen LogP contribution in [0.4, 0.5) is 5.95 Å². The van der Waals surface area contributed by atoms with E-state index >= 15 is 0 Å². The lowest BCUT2D eigenvalue weighted by molar-refractivity contribution is 1.02. The summed E-state index contributed by atoms with van der Waals surface area (Å²) >= 11 is 6.19. The van der Waals surface area contributed by atoms with E-state index in [1.807, 2.05) is 0 Å². The zero-order valence-corrected chi connectivity index (χ0v) is 10.9. The minimum absolute atomic E-state index is 0.588. The van der Waals surface area contributed by atoms with Crippen molar-refractivity contribution in [1.29, 1.82) is 0 Å². The largest absolute Gasteiger partial charge is 0.357 e. The van der Waals surface area contributed by atoms with Crippen LogP contribution in [0.5, 0.6) is 0 Å². The molecule has 0 aliphatic heterocycles. The average Bonchev–Trinajstić information content (AvgIpc) is 2.74. The summed E-state index contributed by atoms with van der Waals surface area (Å²) < 4.78 is 5.63. The van der Waals surface area contributed by atoms with Gasteiger partial charge in [0.15, 0.2) is 4.34 Å². The molecule has 2 heterocycles.